The van der Waals surface area contributed by atoms with Gasteiger partial charge in [0.25, 0.3) is 5.69 Å². The second kappa shape index (κ2) is 3.95. The Morgan fingerprint density at radius 2 is 2.33 bits per heavy atom. The standard InChI is InChI=1S/C6H4Br2N2O2/c7-2-4-1-6(8)9-3-5(4)10(11)12/h1,3H,2H2. The molecule has 64 valence electrons. The summed E-state index contributed by atoms with van der Waals surface area (Å²) in [4.78, 5) is 13.7. The molecule has 0 fully saturated rings. The van der Waals surface area contributed by atoms with Crippen LogP contribution in [0.2, 0.25) is 0 Å². The van der Waals surface area contributed by atoms with E-state index < -0.39 is 4.92 Å². The van der Waals surface area contributed by atoms with Crippen LogP contribution in [-0.4, -0.2) is 9.91 Å². The third-order valence-corrected chi connectivity index (χ3v) is 2.31. The lowest BCUT2D eigenvalue weighted by molar-refractivity contribution is -0.385. The predicted octanol–water partition coefficient (Wildman–Crippen LogP) is 2.65. The molecule has 0 bridgehead atoms. The molecule has 1 rings (SSSR count). The highest BCUT2D eigenvalue weighted by molar-refractivity contribution is 9.10. The van der Waals surface area contributed by atoms with E-state index in [0.29, 0.717) is 15.5 Å². The molecule has 0 saturated heterocycles. The van der Waals surface area contributed by atoms with Crippen molar-refractivity contribution in [3.8, 4) is 0 Å². The number of hydrogen-bond donors (Lipinski definition) is 0. The molecule has 12 heavy (non-hydrogen) atoms. The summed E-state index contributed by atoms with van der Waals surface area (Å²) in [7, 11) is 0. The molecule has 0 saturated carbocycles. The average Bonchev–Trinajstić information content (AvgIpc) is 2.03. The summed E-state index contributed by atoms with van der Waals surface area (Å²) in [5, 5.41) is 10.9. The molecule has 0 atom stereocenters. The van der Waals surface area contributed by atoms with Gasteiger partial charge in [-0.05, 0) is 22.0 Å². The summed E-state index contributed by atoms with van der Waals surface area (Å²) in [5.74, 6) is 0. The Morgan fingerprint density at radius 1 is 1.67 bits per heavy atom. The topological polar surface area (TPSA) is 56.0 Å². The van der Waals surface area contributed by atoms with Gasteiger partial charge in [0.05, 0.1) is 4.92 Å². The number of hydrogen-bond acceptors (Lipinski definition) is 3. The van der Waals surface area contributed by atoms with Crippen molar-refractivity contribution in [3.63, 3.8) is 0 Å². The molecule has 0 aliphatic heterocycles. The third-order valence-electron chi connectivity index (χ3n) is 1.27. The number of rotatable bonds is 2. The molecular formula is C6H4Br2N2O2. The Hall–Kier alpha value is -0.490. The van der Waals surface area contributed by atoms with Crippen LogP contribution in [-0.2, 0) is 5.33 Å². The highest BCUT2D eigenvalue weighted by Crippen LogP contribution is 2.22. The average molecular weight is 296 g/mol. The number of nitro groups is 1. The molecule has 0 aromatic carbocycles. The summed E-state index contributed by atoms with van der Waals surface area (Å²) in [6.45, 7) is 0. The summed E-state index contributed by atoms with van der Waals surface area (Å²) in [6, 6.07) is 1.62. The molecule has 0 aliphatic rings. The van der Waals surface area contributed by atoms with Crippen LogP contribution in [0.4, 0.5) is 5.69 Å². The van der Waals surface area contributed by atoms with E-state index >= 15 is 0 Å². The first-order chi connectivity index (χ1) is 5.65. The lowest BCUT2D eigenvalue weighted by Crippen LogP contribution is -1.94. The summed E-state index contributed by atoms with van der Waals surface area (Å²) in [6.07, 6.45) is 1.24. The molecule has 6 heteroatoms. The smallest absolute Gasteiger partial charge is 0.258 e. The third kappa shape index (κ3) is 2.01. The SMILES string of the molecule is O=[N+]([O-])c1cnc(Br)cc1CBr. The van der Waals surface area contributed by atoms with Crippen molar-refractivity contribution in [2.45, 2.75) is 5.33 Å². The van der Waals surface area contributed by atoms with E-state index in [1.165, 1.54) is 6.20 Å². The number of alkyl halides is 1. The fourth-order valence-corrected chi connectivity index (χ4v) is 1.56. The molecule has 0 amide bonds. The second-order valence-corrected chi connectivity index (χ2v) is 3.40. The van der Waals surface area contributed by atoms with Gasteiger partial charge in [-0.25, -0.2) is 4.98 Å². The molecule has 4 nitrogen and oxygen atoms in total. The number of halogens is 2. The van der Waals surface area contributed by atoms with Crippen LogP contribution in [0.5, 0.6) is 0 Å². The van der Waals surface area contributed by atoms with E-state index in [1.807, 2.05) is 0 Å². The maximum absolute atomic E-state index is 10.4. The Balaban J connectivity index is 3.20. The molecule has 1 heterocycles. The van der Waals surface area contributed by atoms with Gasteiger partial charge in [0.2, 0.25) is 0 Å². The summed E-state index contributed by atoms with van der Waals surface area (Å²) in [5.41, 5.74) is 0.650. The maximum atomic E-state index is 10.4. The first-order valence-electron chi connectivity index (χ1n) is 3.00. The van der Waals surface area contributed by atoms with Gasteiger partial charge in [-0.15, -0.1) is 0 Å². The fraction of sp³-hybridized carbons (Fsp3) is 0.167. The van der Waals surface area contributed by atoms with Gasteiger partial charge >= 0.3 is 0 Å². The first kappa shape index (κ1) is 9.60. The minimum Gasteiger partial charge on any atom is -0.258 e. The zero-order valence-corrected chi connectivity index (χ0v) is 9.00. The van der Waals surface area contributed by atoms with Gasteiger partial charge in [-0.1, -0.05) is 15.9 Å². The highest BCUT2D eigenvalue weighted by atomic mass is 79.9. The van der Waals surface area contributed by atoms with Crippen LogP contribution in [0.15, 0.2) is 16.9 Å². The molecule has 1 aromatic rings. The molecule has 0 aliphatic carbocycles. The van der Waals surface area contributed by atoms with Gasteiger partial charge < -0.3 is 0 Å². The number of pyridine rings is 1. The van der Waals surface area contributed by atoms with Crippen LogP contribution < -0.4 is 0 Å². The second-order valence-electron chi connectivity index (χ2n) is 2.03. The van der Waals surface area contributed by atoms with Gasteiger partial charge in [0.15, 0.2) is 0 Å². The minimum absolute atomic E-state index is 0.0371. The van der Waals surface area contributed by atoms with Crippen molar-refractivity contribution in [1.29, 1.82) is 0 Å². The van der Waals surface area contributed by atoms with E-state index in [9.17, 15) is 10.1 Å². The predicted molar refractivity (Wildman–Crippen MR) is 51.2 cm³/mol. The van der Waals surface area contributed by atoms with Crippen molar-refractivity contribution in [2.75, 3.05) is 0 Å². The number of aromatic nitrogens is 1. The molecule has 0 N–H and O–H groups in total. The van der Waals surface area contributed by atoms with E-state index in [4.69, 9.17) is 0 Å². The molecular weight excluding hydrogens is 292 g/mol. The normalized spacial score (nSPS) is 9.83. The minimum atomic E-state index is -0.448. The Bertz CT molecular complexity index is 316. The number of nitrogens with zero attached hydrogens (tertiary/aromatic N) is 2. The fourth-order valence-electron chi connectivity index (χ4n) is 0.732. The van der Waals surface area contributed by atoms with Crippen molar-refractivity contribution < 1.29 is 4.92 Å². The van der Waals surface area contributed by atoms with E-state index in [-0.39, 0.29) is 5.69 Å². The van der Waals surface area contributed by atoms with Crippen LogP contribution in [0, 0.1) is 10.1 Å². The largest absolute Gasteiger partial charge is 0.291 e. The molecule has 0 spiro atoms. The highest BCUT2D eigenvalue weighted by Gasteiger charge is 2.12. The van der Waals surface area contributed by atoms with Gasteiger partial charge in [0, 0.05) is 10.9 Å². The monoisotopic (exact) mass is 294 g/mol. The van der Waals surface area contributed by atoms with E-state index in [0.717, 1.165) is 0 Å². The van der Waals surface area contributed by atoms with Gasteiger partial charge in [0.1, 0.15) is 10.8 Å². The first-order valence-corrected chi connectivity index (χ1v) is 4.91. The zero-order valence-electron chi connectivity index (χ0n) is 5.83. The van der Waals surface area contributed by atoms with Gasteiger partial charge in [-0.2, -0.15) is 0 Å². The van der Waals surface area contributed by atoms with E-state index in [1.54, 1.807) is 6.07 Å². The van der Waals surface area contributed by atoms with E-state index in [2.05, 4.69) is 36.8 Å². The lowest BCUT2D eigenvalue weighted by atomic mass is 10.3. The van der Waals surface area contributed by atoms with Gasteiger partial charge in [-0.3, -0.25) is 10.1 Å². The van der Waals surface area contributed by atoms with Crippen molar-refractivity contribution in [1.82, 2.24) is 4.98 Å². The summed E-state index contributed by atoms with van der Waals surface area (Å²) >= 11 is 6.29. The Morgan fingerprint density at radius 3 is 2.83 bits per heavy atom. The Labute approximate surface area is 85.4 Å². The van der Waals surface area contributed by atoms with Crippen molar-refractivity contribution in [2.24, 2.45) is 0 Å². The quantitative estimate of drug-likeness (QED) is 0.365. The molecule has 1 aromatic heterocycles. The lowest BCUT2D eigenvalue weighted by Gasteiger charge is -1.97. The molecule has 0 unspecified atom stereocenters. The molecule has 0 radical (unpaired) electrons. The van der Waals surface area contributed by atoms with Crippen LogP contribution in [0.25, 0.3) is 0 Å². The Kier molecular flexibility index (Phi) is 3.16. The summed E-state index contributed by atoms with van der Waals surface area (Å²) < 4.78 is 0.600. The van der Waals surface area contributed by atoms with Crippen molar-refractivity contribution >= 4 is 37.5 Å². The van der Waals surface area contributed by atoms with Crippen LogP contribution in [0.1, 0.15) is 5.56 Å². The maximum Gasteiger partial charge on any atom is 0.291 e. The van der Waals surface area contributed by atoms with Crippen LogP contribution in [0.3, 0.4) is 0 Å². The van der Waals surface area contributed by atoms with Crippen LogP contribution >= 0.6 is 31.9 Å². The zero-order chi connectivity index (χ0) is 9.14. The van der Waals surface area contributed by atoms with Crippen molar-refractivity contribution in [3.05, 3.63) is 32.5 Å².